The lowest BCUT2D eigenvalue weighted by Gasteiger charge is -2.24. The van der Waals surface area contributed by atoms with E-state index in [9.17, 15) is 4.79 Å². The first-order valence-electron chi connectivity index (χ1n) is 6.17. The van der Waals surface area contributed by atoms with Gasteiger partial charge in [0.15, 0.2) is 0 Å². The molecule has 2 rings (SSSR count). The number of hydrogen-bond acceptors (Lipinski definition) is 3. The van der Waals surface area contributed by atoms with Gasteiger partial charge in [-0.15, -0.1) is 0 Å². The molecule has 1 aromatic rings. The van der Waals surface area contributed by atoms with Gasteiger partial charge in [0.25, 0.3) is 0 Å². The molecule has 96 valence electrons. The Hall–Kier alpha value is -1.65. The maximum absolute atomic E-state index is 11.6. The third kappa shape index (κ3) is 4.31. The number of rotatable bonds is 4. The Morgan fingerprint density at radius 2 is 2.00 bits per heavy atom. The Kier molecular flexibility index (Phi) is 4.93. The lowest BCUT2D eigenvalue weighted by molar-refractivity contribution is -0.111. The third-order valence-electron chi connectivity index (χ3n) is 2.78. The maximum Gasteiger partial charge on any atom is 0.248 e. The van der Waals surface area contributed by atoms with Gasteiger partial charge < -0.3 is 10.1 Å². The number of amides is 1. The van der Waals surface area contributed by atoms with E-state index in [-0.39, 0.29) is 5.91 Å². The second-order valence-corrected chi connectivity index (χ2v) is 4.17. The molecule has 0 radical (unpaired) electrons. The van der Waals surface area contributed by atoms with Crippen LogP contribution in [-0.2, 0) is 9.53 Å². The quantitative estimate of drug-likeness (QED) is 0.819. The monoisotopic (exact) mass is 246 g/mol. The number of morpholine rings is 1. The minimum absolute atomic E-state index is 0.0885. The first-order valence-corrected chi connectivity index (χ1v) is 6.17. The highest BCUT2D eigenvalue weighted by Gasteiger charge is 2.07. The van der Waals surface area contributed by atoms with Crippen molar-refractivity contribution in [1.29, 1.82) is 0 Å². The van der Waals surface area contributed by atoms with Crippen LogP contribution < -0.4 is 5.32 Å². The predicted octanol–water partition coefficient (Wildman–Crippen LogP) is 1.51. The molecule has 1 fully saturated rings. The van der Waals surface area contributed by atoms with Crippen LogP contribution in [-0.4, -0.2) is 43.7 Å². The van der Waals surface area contributed by atoms with Crippen molar-refractivity contribution in [3.05, 3.63) is 42.5 Å². The van der Waals surface area contributed by atoms with Crippen molar-refractivity contribution in [1.82, 2.24) is 4.90 Å². The van der Waals surface area contributed by atoms with Crippen LogP contribution in [0.5, 0.6) is 0 Å². The van der Waals surface area contributed by atoms with Crippen molar-refractivity contribution in [3.8, 4) is 0 Å². The largest absolute Gasteiger partial charge is 0.379 e. The number of ether oxygens (including phenoxy) is 1. The van der Waals surface area contributed by atoms with E-state index in [1.54, 1.807) is 6.08 Å². The molecule has 1 saturated heterocycles. The molecule has 0 aromatic heterocycles. The fraction of sp³-hybridized carbons (Fsp3) is 0.357. The van der Waals surface area contributed by atoms with Gasteiger partial charge in [0.2, 0.25) is 5.91 Å². The Labute approximate surface area is 107 Å². The second-order valence-electron chi connectivity index (χ2n) is 4.17. The normalized spacial score (nSPS) is 16.9. The van der Waals surface area contributed by atoms with Crippen molar-refractivity contribution < 1.29 is 9.53 Å². The van der Waals surface area contributed by atoms with Crippen molar-refractivity contribution in [2.24, 2.45) is 0 Å². The summed E-state index contributed by atoms with van der Waals surface area (Å²) in [5.41, 5.74) is 0.818. The molecule has 0 saturated carbocycles. The molecule has 4 nitrogen and oxygen atoms in total. The van der Waals surface area contributed by atoms with Gasteiger partial charge in [0.1, 0.15) is 0 Å². The molecule has 4 heteroatoms. The van der Waals surface area contributed by atoms with Gasteiger partial charge in [-0.1, -0.05) is 24.3 Å². The first kappa shape index (κ1) is 12.8. The molecule has 1 aromatic carbocycles. The average Bonchev–Trinajstić information content (AvgIpc) is 2.41. The summed E-state index contributed by atoms with van der Waals surface area (Å²) in [6.45, 7) is 4.23. The summed E-state index contributed by atoms with van der Waals surface area (Å²) < 4.78 is 5.26. The summed E-state index contributed by atoms with van der Waals surface area (Å²) in [7, 11) is 0. The number of para-hydroxylation sites is 1. The zero-order valence-corrected chi connectivity index (χ0v) is 10.3. The van der Waals surface area contributed by atoms with Crippen molar-refractivity contribution in [2.75, 3.05) is 38.2 Å². The third-order valence-corrected chi connectivity index (χ3v) is 2.78. The minimum atomic E-state index is -0.0885. The van der Waals surface area contributed by atoms with E-state index in [4.69, 9.17) is 4.74 Å². The van der Waals surface area contributed by atoms with Crippen molar-refractivity contribution in [2.45, 2.75) is 0 Å². The first-order chi connectivity index (χ1) is 8.84. The number of benzene rings is 1. The van der Waals surface area contributed by atoms with Crippen LogP contribution in [0, 0.1) is 0 Å². The lowest BCUT2D eigenvalue weighted by atomic mass is 10.3. The van der Waals surface area contributed by atoms with Crippen LogP contribution in [0.4, 0.5) is 5.69 Å². The lowest BCUT2D eigenvalue weighted by Crippen LogP contribution is -2.36. The summed E-state index contributed by atoms with van der Waals surface area (Å²) in [6.07, 6.45) is 3.48. The molecule has 1 aliphatic heterocycles. The van der Waals surface area contributed by atoms with Crippen molar-refractivity contribution >= 4 is 11.6 Å². The molecule has 1 N–H and O–H groups in total. The molecule has 1 amide bonds. The molecule has 0 bridgehead atoms. The van der Waals surface area contributed by atoms with Crippen LogP contribution in [0.15, 0.2) is 42.5 Å². The molecule has 18 heavy (non-hydrogen) atoms. The highest BCUT2D eigenvalue weighted by atomic mass is 16.5. The number of nitrogens with one attached hydrogen (secondary N) is 1. The molecule has 0 spiro atoms. The zero-order valence-electron chi connectivity index (χ0n) is 10.3. The molecule has 0 atom stereocenters. The fourth-order valence-corrected chi connectivity index (χ4v) is 1.80. The van der Waals surface area contributed by atoms with E-state index in [0.717, 1.165) is 38.5 Å². The number of carbonyl (C=O) groups excluding carboxylic acids is 1. The van der Waals surface area contributed by atoms with Crippen LogP contribution in [0.25, 0.3) is 0 Å². The van der Waals surface area contributed by atoms with E-state index < -0.39 is 0 Å². The molecular weight excluding hydrogens is 228 g/mol. The van der Waals surface area contributed by atoms with E-state index in [1.807, 2.05) is 36.4 Å². The summed E-state index contributed by atoms with van der Waals surface area (Å²) >= 11 is 0. The second kappa shape index (κ2) is 6.93. The highest BCUT2D eigenvalue weighted by molar-refractivity contribution is 5.99. The Morgan fingerprint density at radius 1 is 1.28 bits per heavy atom. The minimum Gasteiger partial charge on any atom is -0.379 e. The van der Waals surface area contributed by atoms with E-state index in [0.29, 0.717) is 0 Å². The predicted molar refractivity (Wildman–Crippen MR) is 71.5 cm³/mol. The van der Waals surface area contributed by atoms with E-state index in [2.05, 4.69) is 10.2 Å². The fourth-order valence-electron chi connectivity index (χ4n) is 1.80. The summed E-state index contributed by atoms with van der Waals surface area (Å²) in [6, 6.07) is 9.45. The zero-order chi connectivity index (χ0) is 12.6. The SMILES string of the molecule is O=C(C=CCN1CCOCC1)Nc1ccccc1. The van der Waals surface area contributed by atoms with Gasteiger partial charge in [-0.05, 0) is 12.1 Å². The van der Waals surface area contributed by atoms with Crippen molar-refractivity contribution in [3.63, 3.8) is 0 Å². The molecule has 0 unspecified atom stereocenters. The van der Waals surface area contributed by atoms with E-state index >= 15 is 0 Å². The molecule has 1 heterocycles. The standard InChI is InChI=1S/C14H18N2O2/c17-14(15-13-5-2-1-3-6-13)7-4-8-16-9-11-18-12-10-16/h1-7H,8-12H2,(H,15,17). The van der Waals surface area contributed by atoms with Crippen LogP contribution in [0.2, 0.25) is 0 Å². The molecule has 0 aliphatic carbocycles. The Morgan fingerprint density at radius 3 is 2.72 bits per heavy atom. The van der Waals surface area contributed by atoms with Crippen LogP contribution in [0.1, 0.15) is 0 Å². The molecule has 1 aliphatic rings. The van der Waals surface area contributed by atoms with E-state index in [1.165, 1.54) is 0 Å². The summed E-state index contributed by atoms with van der Waals surface area (Å²) in [4.78, 5) is 13.9. The number of anilines is 1. The number of nitrogens with zero attached hydrogens (tertiary/aromatic N) is 1. The number of carbonyl (C=O) groups is 1. The van der Waals surface area contributed by atoms with Gasteiger partial charge >= 0.3 is 0 Å². The maximum atomic E-state index is 11.6. The highest BCUT2D eigenvalue weighted by Crippen LogP contribution is 2.04. The summed E-state index contributed by atoms with van der Waals surface area (Å²) in [5, 5.41) is 2.81. The van der Waals surface area contributed by atoms with Gasteiger partial charge in [0.05, 0.1) is 13.2 Å². The summed E-state index contributed by atoms with van der Waals surface area (Å²) in [5.74, 6) is -0.0885. The van der Waals surface area contributed by atoms with Gasteiger partial charge in [-0.25, -0.2) is 0 Å². The topological polar surface area (TPSA) is 41.6 Å². The van der Waals surface area contributed by atoms with Crippen LogP contribution in [0.3, 0.4) is 0 Å². The number of hydrogen-bond donors (Lipinski definition) is 1. The Bertz CT molecular complexity index is 398. The average molecular weight is 246 g/mol. The Balaban J connectivity index is 1.73. The van der Waals surface area contributed by atoms with Gasteiger partial charge in [-0.3, -0.25) is 9.69 Å². The molecular formula is C14H18N2O2. The van der Waals surface area contributed by atoms with Crippen LogP contribution >= 0.6 is 0 Å². The van der Waals surface area contributed by atoms with Gasteiger partial charge in [-0.2, -0.15) is 0 Å². The van der Waals surface area contributed by atoms with Gasteiger partial charge in [0, 0.05) is 31.4 Å². The smallest absolute Gasteiger partial charge is 0.248 e.